The van der Waals surface area contributed by atoms with Crippen LogP contribution in [0.4, 0.5) is 0 Å². The second-order valence-electron chi connectivity index (χ2n) is 4.23. The van der Waals surface area contributed by atoms with Crippen LogP contribution in [0.3, 0.4) is 0 Å². The SMILES string of the molecule is CC[C@@H](O)C[C@@H](CSc1ccccc1)C(C)=O. The molecule has 0 heterocycles. The molecular formula is C14H20O2S. The third kappa shape index (κ3) is 5.37. The predicted molar refractivity (Wildman–Crippen MR) is 72.3 cm³/mol. The van der Waals surface area contributed by atoms with E-state index in [1.165, 1.54) is 4.90 Å². The van der Waals surface area contributed by atoms with E-state index in [4.69, 9.17) is 0 Å². The van der Waals surface area contributed by atoms with Gasteiger partial charge in [0.2, 0.25) is 0 Å². The largest absolute Gasteiger partial charge is 0.393 e. The number of aliphatic hydroxyl groups is 1. The lowest BCUT2D eigenvalue weighted by molar-refractivity contribution is -0.121. The summed E-state index contributed by atoms with van der Waals surface area (Å²) < 4.78 is 0. The number of thioether (sulfide) groups is 1. The molecule has 94 valence electrons. The van der Waals surface area contributed by atoms with Crippen LogP contribution in [-0.4, -0.2) is 22.7 Å². The first-order valence-corrected chi connectivity index (χ1v) is 6.98. The third-order valence-corrected chi connectivity index (χ3v) is 3.97. The molecule has 0 fully saturated rings. The minimum Gasteiger partial charge on any atom is -0.393 e. The van der Waals surface area contributed by atoms with Gasteiger partial charge in [-0.3, -0.25) is 4.79 Å². The van der Waals surface area contributed by atoms with Gasteiger partial charge in [-0.05, 0) is 31.9 Å². The number of hydrogen-bond donors (Lipinski definition) is 1. The van der Waals surface area contributed by atoms with Crippen molar-refractivity contribution in [2.24, 2.45) is 5.92 Å². The first-order chi connectivity index (χ1) is 8.13. The smallest absolute Gasteiger partial charge is 0.133 e. The second-order valence-corrected chi connectivity index (χ2v) is 5.32. The average molecular weight is 252 g/mol. The van der Waals surface area contributed by atoms with Gasteiger partial charge in [-0.2, -0.15) is 0 Å². The van der Waals surface area contributed by atoms with E-state index in [0.717, 1.165) is 5.75 Å². The highest BCUT2D eigenvalue weighted by Crippen LogP contribution is 2.23. The fraction of sp³-hybridized carbons (Fsp3) is 0.500. The zero-order chi connectivity index (χ0) is 12.7. The molecule has 3 heteroatoms. The van der Waals surface area contributed by atoms with Crippen molar-refractivity contribution in [1.29, 1.82) is 0 Å². The lowest BCUT2D eigenvalue weighted by atomic mass is 9.98. The Morgan fingerprint density at radius 3 is 2.53 bits per heavy atom. The van der Waals surface area contributed by atoms with Crippen molar-refractivity contribution in [1.82, 2.24) is 0 Å². The molecule has 0 saturated carbocycles. The Hall–Kier alpha value is -0.800. The van der Waals surface area contributed by atoms with Gasteiger partial charge in [0.25, 0.3) is 0 Å². The minimum atomic E-state index is -0.361. The summed E-state index contributed by atoms with van der Waals surface area (Å²) in [4.78, 5) is 12.7. The zero-order valence-corrected chi connectivity index (χ0v) is 11.2. The van der Waals surface area contributed by atoms with Crippen LogP contribution in [0.1, 0.15) is 26.7 Å². The topological polar surface area (TPSA) is 37.3 Å². The monoisotopic (exact) mass is 252 g/mol. The van der Waals surface area contributed by atoms with Gasteiger partial charge in [0.15, 0.2) is 0 Å². The lowest BCUT2D eigenvalue weighted by Crippen LogP contribution is -2.20. The molecule has 0 bridgehead atoms. The Labute approximate surface area is 107 Å². The Morgan fingerprint density at radius 1 is 1.35 bits per heavy atom. The van der Waals surface area contributed by atoms with Gasteiger partial charge in [0.1, 0.15) is 5.78 Å². The molecule has 1 aromatic carbocycles. The first kappa shape index (κ1) is 14.3. The molecule has 0 aliphatic rings. The summed E-state index contributed by atoms with van der Waals surface area (Å²) in [5.74, 6) is 0.868. The maximum atomic E-state index is 11.5. The van der Waals surface area contributed by atoms with Crippen LogP contribution >= 0.6 is 11.8 Å². The molecule has 0 aromatic heterocycles. The van der Waals surface area contributed by atoms with Crippen LogP contribution in [0.2, 0.25) is 0 Å². The average Bonchev–Trinajstić information content (AvgIpc) is 2.35. The number of benzene rings is 1. The third-order valence-electron chi connectivity index (χ3n) is 2.80. The van der Waals surface area contributed by atoms with E-state index in [0.29, 0.717) is 12.8 Å². The summed E-state index contributed by atoms with van der Waals surface area (Å²) in [6.45, 7) is 3.55. The quantitative estimate of drug-likeness (QED) is 0.757. The minimum absolute atomic E-state index is 0.0462. The van der Waals surface area contributed by atoms with Crippen molar-refractivity contribution in [2.75, 3.05) is 5.75 Å². The highest BCUT2D eigenvalue weighted by atomic mass is 32.2. The molecule has 1 rings (SSSR count). The molecule has 0 spiro atoms. The van der Waals surface area contributed by atoms with Gasteiger partial charge < -0.3 is 5.11 Å². The predicted octanol–water partition coefficient (Wildman–Crippen LogP) is 3.14. The number of carbonyl (C=O) groups excluding carboxylic acids is 1. The van der Waals surface area contributed by atoms with Crippen molar-refractivity contribution in [3.05, 3.63) is 30.3 Å². The summed E-state index contributed by atoms with van der Waals surface area (Å²) in [5.41, 5.74) is 0. The zero-order valence-electron chi connectivity index (χ0n) is 10.4. The fourth-order valence-corrected chi connectivity index (χ4v) is 2.67. The maximum Gasteiger partial charge on any atom is 0.133 e. The normalized spacial score (nSPS) is 14.3. The van der Waals surface area contributed by atoms with Crippen molar-refractivity contribution >= 4 is 17.5 Å². The molecular weight excluding hydrogens is 232 g/mol. The number of ketones is 1. The molecule has 0 unspecified atom stereocenters. The molecule has 1 aromatic rings. The van der Waals surface area contributed by atoms with Crippen molar-refractivity contribution in [2.45, 2.75) is 37.7 Å². The molecule has 17 heavy (non-hydrogen) atoms. The van der Waals surface area contributed by atoms with Gasteiger partial charge >= 0.3 is 0 Å². The molecule has 0 radical (unpaired) electrons. The van der Waals surface area contributed by atoms with Crippen molar-refractivity contribution < 1.29 is 9.90 Å². The lowest BCUT2D eigenvalue weighted by Gasteiger charge is -2.16. The number of rotatable bonds is 7. The van der Waals surface area contributed by atoms with Gasteiger partial charge in [-0.1, -0.05) is 25.1 Å². The highest BCUT2D eigenvalue weighted by Gasteiger charge is 2.18. The molecule has 2 atom stereocenters. The summed E-state index contributed by atoms with van der Waals surface area (Å²) in [7, 11) is 0. The van der Waals surface area contributed by atoms with E-state index in [9.17, 15) is 9.90 Å². The number of carbonyl (C=O) groups is 1. The van der Waals surface area contributed by atoms with E-state index in [2.05, 4.69) is 0 Å². The van der Waals surface area contributed by atoms with Gasteiger partial charge in [-0.25, -0.2) is 0 Å². The number of hydrogen-bond acceptors (Lipinski definition) is 3. The molecule has 0 aliphatic carbocycles. The van der Waals surface area contributed by atoms with E-state index >= 15 is 0 Å². The Bertz CT molecular complexity index is 337. The summed E-state index contributed by atoms with van der Waals surface area (Å²) in [6.07, 6.45) is 0.922. The molecule has 2 nitrogen and oxygen atoms in total. The molecule has 0 amide bonds. The number of Topliss-reactive ketones (excluding diaryl/α,β-unsaturated/α-hetero) is 1. The van der Waals surface area contributed by atoms with Crippen LogP contribution in [-0.2, 0) is 4.79 Å². The van der Waals surface area contributed by atoms with Gasteiger partial charge in [-0.15, -0.1) is 11.8 Å². The Kier molecular flexibility index (Phi) is 6.30. The molecule has 1 N–H and O–H groups in total. The van der Waals surface area contributed by atoms with Crippen LogP contribution in [0.15, 0.2) is 35.2 Å². The van der Waals surface area contributed by atoms with Gasteiger partial charge in [0.05, 0.1) is 6.10 Å². The second kappa shape index (κ2) is 7.51. The van der Waals surface area contributed by atoms with Crippen LogP contribution in [0, 0.1) is 5.92 Å². The summed E-state index contributed by atoms with van der Waals surface area (Å²) in [6, 6.07) is 10.0. The van der Waals surface area contributed by atoms with Gasteiger partial charge in [0, 0.05) is 16.6 Å². The van der Waals surface area contributed by atoms with Crippen LogP contribution < -0.4 is 0 Å². The Morgan fingerprint density at radius 2 is 2.00 bits per heavy atom. The first-order valence-electron chi connectivity index (χ1n) is 5.99. The molecule has 0 saturated heterocycles. The summed E-state index contributed by atoms with van der Waals surface area (Å²) >= 11 is 1.68. The van der Waals surface area contributed by atoms with Crippen LogP contribution in [0.5, 0.6) is 0 Å². The van der Waals surface area contributed by atoms with E-state index < -0.39 is 0 Å². The van der Waals surface area contributed by atoms with Crippen molar-refractivity contribution in [3.8, 4) is 0 Å². The van der Waals surface area contributed by atoms with Crippen molar-refractivity contribution in [3.63, 3.8) is 0 Å². The highest BCUT2D eigenvalue weighted by molar-refractivity contribution is 7.99. The van der Waals surface area contributed by atoms with E-state index in [-0.39, 0.29) is 17.8 Å². The number of aliphatic hydroxyl groups excluding tert-OH is 1. The Balaban J connectivity index is 2.47. The summed E-state index contributed by atoms with van der Waals surface area (Å²) in [5, 5.41) is 9.61. The van der Waals surface area contributed by atoms with E-state index in [1.807, 2.05) is 37.3 Å². The standard InChI is InChI=1S/C14H20O2S/c1-3-13(16)9-12(11(2)15)10-17-14-7-5-4-6-8-14/h4-8,12-13,16H,3,9-10H2,1-2H3/t12-,13+/m0/s1. The van der Waals surface area contributed by atoms with E-state index in [1.54, 1.807) is 18.7 Å². The maximum absolute atomic E-state index is 11.5. The molecule has 0 aliphatic heterocycles. The van der Waals surface area contributed by atoms with Crippen LogP contribution in [0.25, 0.3) is 0 Å². The fourth-order valence-electron chi connectivity index (χ4n) is 1.56.